The van der Waals surface area contributed by atoms with E-state index in [0.29, 0.717) is 6.07 Å². The minimum absolute atomic E-state index is 0.107. The van der Waals surface area contributed by atoms with E-state index in [9.17, 15) is 39.9 Å². The minimum Gasteiger partial charge on any atom is -0.305 e. The van der Waals surface area contributed by atoms with E-state index in [1.54, 1.807) is 0 Å². The highest BCUT2D eigenvalue weighted by Crippen LogP contribution is 2.57. The van der Waals surface area contributed by atoms with Crippen LogP contribution < -0.4 is 10.6 Å². The number of alkyl halides is 6. The van der Waals surface area contributed by atoms with Crippen LogP contribution in [0.1, 0.15) is 18.4 Å². The second-order valence-electron chi connectivity index (χ2n) is 7.63. The molecule has 0 bridgehead atoms. The molecule has 1 unspecified atom stereocenters. The Balaban J connectivity index is 1.90. The van der Waals surface area contributed by atoms with Crippen LogP contribution in [0, 0.1) is 28.9 Å². The average molecular weight is 487 g/mol. The molecule has 12 heteroatoms. The SMILES string of the molecule is O=c1nc(N(c2cc(F)cc(C#CC3(C(F)(F)F)CC3)c2)C(F)C(F)F)c2c(F)cccc2[nH]1. The number of anilines is 2. The average Bonchev–Trinajstić information content (AvgIpc) is 3.53. The van der Waals surface area contributed by atoms with Crippen LogP contribution >= 0.6 is 0 Å². The Morgan fingerprint density at radius 3 is 2.41 bits per heavy atom. The number of halogens is 8. The molecular formula is C22H13F8N3O. The van der Waals surface area contributed by atoms with Gasteiger partial charge in [-0.3, -0.25) is 4.90 Å². The Morgan fingerprint density at radius 1 is 1.09 bits per heavy atom. The monoisotopic (exact) mass is 487 g/mol. The summed E-state index contributed by atoms with van der Waals surface area (Å²) in [6.45, 7) is 0. The van der Waals surface area contributed by atoms with Gasteiger partial charge in [0.15, 0.2) is 5.82 Å². The molecule has 0 aliphatic heterocycles. The molecule has 1 heterocycles. The third kappa shape index (κ3) is 4.30. The fourth-order valence-corrected chi connectivity index (χ4v) is 3.40. The summed E-state index contributed by atoms with van der Waals surface area (Å²) in [6.07, 6.45) is -12.0. The van der Waals surface area contributed by atoms with Gasteiger partial charge in [-0.15, -0.1) is 0 Å². The lowest BCUT2D eigenvalue weighted by atomic mass is 10.1. The van der Waals surface area contributed by atoms with Crippen molar-refractivity contribution in [2.75, 3.05) is 4.90 Å². The van der Waals surface area contributed by atoms with Gasteiger partial charge >= 0.3 is 11.9 Å². The Morgan fingerprint density at radius 2 is 1.79 bits per heavy atom. The minimum atomic E-state index is -4.62. The number of fused-ring (bicyclic) bond motifs is 1. The second-order valence-corrected chi connectivity index (χ2v) is 7.63. The Bertz CT molecular complexity index is 1370. The van der Waals surface area contributed by atoms with Crippen molar-refractivity contribution in [1.82, 2.24) is 9.97 Å². The molecule has 0 spiro atoms. The highest BCUT2D eigenvalue weighted by molar-refractivity contribution is 5.92. The molecule has 0 amide bonds. The molecule has 0 saturated heterocycles. The maximum Gasteiger partial charge on any atom is 0.405 e. The van der Waals surface area contributed by atoms with Gasteiger partial charge in [0.05, 0.1) is 10.9 Å². The van der Waals surface area contributed by atoms with Crippen LogP contribution in [0.4, 0.5) is 46.6 Å². The van der Waals surface area contributed by atoms with E-state index < -0.39 is 58.5 Å². The van der Waals surface area contributed by atoms with Crippen LogP contribution in [-0.4, -0.2) is 28.9 Å². The quantitative estimate of drug-likeness (QED) is 0.297. The van der Waals surface area contributed by atoms with Crippen LogP contribution in [0.2, 0.25) is 0 Å². The molecule has 0 radical (unpaired) electrons. The van der Waals surface area contributed by atoms with Gasteiger partial charge in [-0.05, 0) is 43.2 Å². The van der Waals surface area contributed by atoms with E-state index in [1.807, 2.05) is 5.92 Å². The summed E-state index contributed by atoms with van der Waals surface area (Å²) < 4.78 is 110. The first-order chi connectivity index (χ1) is 15.9. The standard InChI is InChI=1S/C22H13F8N3O/c23-12-8-11(4-5-21(6-7-21)22(28,29)30)9-13(10-12)33(18(27)17(25)26)19-16-14(24)2-1-3-15(16)31-20(34)32-19/h1-3,8-10,17-18H,6-7H2,(H,31,32,34). The van der Waals surface area contributed by atoms with E-state index in [-0.39, 0.29) is 28.8 Å². The van der Waals surface area contributed by atoms with E-state index in [4.69, 9.17) is 0 Å². The predicted octanol–water partition coefficient (Wildman–Crippen LogP) is 5.59. The Hall–Kier alpha value is -3.62. The van der Waals surface area contributed by atoms with Crippen molar-refractivity contribution >= 4 is 22.4 Å². The maximum atomic E-state index is 14.8. The van der Waals surface area contributed by atoms with Crippen molar-refractivity contribution in [2.45, 2.75) is 31.7 Å². The first-order valence-electron chi connectivity index (χ1n) is 9.72. The van der Waals surface area contributed by atoms with Crippen molar-refractivity contribution in [3.05, 3.63) is 64.1 Å². The van der Waals surface area contributed by atoms with Crippen molar-refractivity contribution in [2.24, 2.45) is 5.41 Å². The largest absolute Gasteiger partial charge is 0.405 e. The molecule has 1 aliphatic carbocycles. The number of hydrogen-bond donors (Lipinski definition) is 1. The van der Waals surface area contributed by atoms with Gasteiger partial charge in [0.2, 0.25) is 6.30 Å². The fraction of sp³-hybridized carbons (Fsp3) is 0.273. The van der Waals surface area contributed by atoms with E-state index in [2.05, 4.69) is 15.9 Å². The van der Waals surface area contributed by atoms with Crippen LogP contribution in [-0.2, 0) is 0 Å². The Kier molecular flexibility index (Phi) is 5.75. The number of rotatable bonds is 4. The Labute approximate surface area is 186 Å². The molecule has 1 aromatic heterocycles. The number of aromatic amines is 1. The van der Waals surface area contributed by atoms with Crippen molar-refractivity contribution in [1.29, 1.82) is 0 Å². The summed E-state index contributed by atoms with van der Waals surface area (Å²) in [6, 6.07) is 5.51. The fourth-order valence-electron chi connectivity index (χ4n) is 3.40. The summed E-state index contributed by atoms with van der Waals surface area (Å²) in [7, 11) is 0. The third-order valence-corrected chi connectivity index (χ3v) is 5.27. The zero-order valence-corrected chi connectivity index (χ0v) is 16.9. The summed E-state index contributed by atoms with van der Waals surface area (Å²) in [5, 5.41) is -0.531. The molecular weight excluding hydrogens is 474 g/mol. The zero-order valence-electron chi connectivity index (χ0n) is 16.9. The third-order valence-electron chi connectivity index (χ3n) is 5.27. The normalized spacial score (nSPS) is 15.7. The van der Waals surface area contributed by atoms with Gasteiger partial charge < -0.3 is 4.98 Å². The summed E-state index contributed by atoms with van der Waals surface area (Å²) in [5.41, 5.74) is -4.60. The first-order valence-corrected chi connectivity index (χ1v) is 9.72. The number of H-pyrrole nitrogens is 1. The van der Waals surface area contributed by atoms with Crippen LogP contribution in [0.25, 0.3) is 10.9 Å². The molecule has 4 nitrogen and oxygen atoms in total. The molecule has 1 saturated carbocycles. The van der Waals surface area contributed by atoms with E-state index in [1.165, 1.54) is 12.1 Å². The van der Waals surface area contributed by atoms with E-state index in [0.717, 1.165) is 18.2 Å². The van der Waals surface area contributed by atoms with Gasteiger partial charge in [-0.25, -0.2) is 26.7 Å². The van der Waals surface area contributed by atoms with Crippen molar-refractivity contribution < 1.29 is 35.1 Å². The van der Waals surface area contributed by atoms with Crippen LogP contribution in [0.15, 0.2) is 41.2 Å². The molecule has 2 aromatic carbocycles. The molecule has 1 N–H and O–H groups in total. The van der Waals surface area contributed by atoms with Crippen molar-refractivity contribution in [3.8, 4) is 11.8 Å². The molecule has 1 aliphatic rings. The molecule has 3 aromatic rings. The lowest BCUT2D eigenvalue weighted by Crippen LogP contribution is -2.35. The molecule has 1 atom stereocenters. The highest BCUT2D eigenvalue weighted by atomic mass is 19.4. The van der Waals surface area contributed by atoms with Gasteiger partial charge in [-0.2, -0.15) is 18.2 Å². The number of benzene rings is 2. The molecule has 34 heavy (non-hydrogen) atoms. The predicted molar refractivity (Wildman–Crippen MR) is 106 cm³/mol. The number of nitrogens with one attached hydrogen (secondary N) is 1. The zero-order chi connectivity index (χ0) is 24.8. The highest BCUT2D eigenvalue weighted by Gasteiger charge is 2.62. The van der Waals surface area contributed by atoms with Gasteiger partial charge in [0.25, 0.3) is 6.43 Å². The van der Waals surface area contributed by atoms with Crippen LogP contribution in [0.3, 0.4) is 0 Å². The van der Waals surface area contributed by atoms with Crippen LogP contribution in [0.5, 0.6) is 0 Å². The number of aromatic nitrogens is 2. The van der Waals surface area contributed by atoms with Gasteiger partial charge in [0, 0.05) is 11.3 Å². The summed E-state index contributed by atoms with van der Waals surface area (Å²) in [5.74, 6) is 1.13. The molecule has 4 rings (SSSR count). The smallest absolute Gasteiger partial charge is 0.305 e. The van der Waals surface area contributed by atoms with E-state index >= 15 is 0 Å². The molecule has 1 fully saturated rings. The topological polar surface area (TPSA) is 49.0 Å². The summed E-state index contributed by atoms with van der Waals surface area (Å²) >= 11 is 0. The number of hydrogen-bond acceptors (Lipinski definition) is 3. The maximum absolute atomic E-state index is 14.8. The van der Waals surface area contributed by atoms with Gasteiger partial charge in [-0.1, -0.05) is 17.9 Å². The number of nitrogens with zero attached hydrogens (tertiary/aromatic N) is 2. The first kappa shape index (κ1) is 23.5. The van der Waals surface area contributed by atoms with Gasteiger partial charge in [0.1, 0.15) is 17.0 Å². The summed E-state index contributed by atoms with van der Waals surface area (Å²) in [4.78, 5) is 17.7. The van der Waals surface area contributed by atoms with Crippen molar-refractivity contribution in [3.63, 3.8) is 0 Å². The lowest BCUT2D eigenvalue weighted by Gasteiger charge is -2.28. The lowest BCUT2D eigenvalue weighted by molar-refractivity contribution is -0.168. The second kappa shape index (κ2) is 8.30. The molecule has 178 valence electrons.